The number of furan rings is 1. The minimum atomic E-state index is 0.419. The van der Waals surface area contributed by atoms with E-state index in [2.05, 4.69) is 16.2 Å². The average molecular weight is 357 g/mol. The van der Waals surface area contributed by atoms with Crippen molar-refractivity contribution in [1.82, 2.24) is 15.0 Å². The lowest BCUT2D eigenvalue weighted by Crippen LogP contribution is -2.33. The van der Waals surface area contributed by atoms with Crippen molar-refractivity contribution in [1.29, 1.82) is 0 Å². The van der Waals surface area contributed by atoms with Crippen LogP contribution in [0.15, 0.2) is 38.1 Å². The largest absolute Gasteiger partial charge is 0.451 e. The first-order valence-corrected chi connectivity index (χ1v) is 9.57. The number of amides is 1. The van der Waals surface area contributed by atoms with Crippen molar-refractivity contribution in [2.24, 2.45) is 5.92 Å². The molecule has 0 saturated carbocycles. The molecule has 0 N–H and O–H groups in total. The zero-order chi connectivity index (χ0) is 17.2. The number of aromatic nitrogens is 2. The molecule has 0 bridgehead atoms. The van der Waals surface area contributed by atoms with Crippen molar-refractivity contribution < 1.29 is 13.7 Å². The van der Waals surface area contributed by atoms with E-state index in [1.807, 2.05) is 29.4 Å². The summed E-state index contributed by atoms with van der Waals surface area (Å²) in [5.41, 5.74) is 0.814. The fourth-order valence-corrected chi connectivity index (χ4v) is 3.66. The zero-order valence-electron chi connectivity index (χ0n) is 14.0. The number of carbonyl (C=O) groups excluding carboxylic acids is 1. The first kappa shape index (κ1) is 16.2. The van der Waals surface area contributed by atoms with Crippen molar-refractivity contribution in [2.45, 2.75) is 24.2 Å². The Morgan fingerprint density at radius 3 is 2.92 bits per heavy atom. The Bertz CT molecular complexity index is 881. The van der Waals surface area contributed by atoms with Crippen LogP contribution >= 0.6 is 11.8 Å². The van der Waals surface area contributed by atoms with E-state index in [0.29, 0.717) is 23.4 Å². The van der Waals surface area contributed by atoms with Crippen LogP contribution in [0.2, 0.25) is 0 Å². The molecule has 0 atom stereocenters. The lowest BCUT2D eigenvalue weighted by molar-refractivity contribution is -0.119. The second-order valence-electron chi connectivity index (χ2n) is 6.32. The third-order valence-electron chi connectivity index (χ3n) is 4.67. The van der Waals surface area contributed by atoms with Gasteiger partial charge in [0.2, 0.25) is 6.41 Å². The highest BCUT2D eigenvalue weighted by molar-refractivity contribution is 7.98. The molecule has 7 heteroatoms. The lowest BCUT2D eigenvalue weighted by Gasteiger charge is -2.28. The average Bonchev–Trinajstić information content (AvgIpc) is 3.28. The Morgan fingerprint density at radius 2 is 2.16 bits per heavy atom. The molecule has 1 aliphatic rings. The predicted octanol–water partition coefficient (Wildman–Crippen LogP) is 3.62. The van der Waals surface area contributed by atoms with Gasteiger partial charge in [0.25, 0.3) is 5.89 Å². The number of nitrogens with zero attached hydrogens (tertiary/aromatic N) is 3. The van der Waals surface area contributed by atoms with Gasteiger partial charge in [0, 0.05) is 29.8 Å². The van der Waals surface area contributed by atoms with Crippen LogP contribution in [0, 0.1) is 5.92 Å². The summed E-state index contributed by atoms with van der Waals surface area (Å²) in [6.07, 6.45) is 5.70. The van der Waals surface area contributed by atoms with Gasteiger partial charge in [-0.1, -0.05) is 5.16 Å². The molecule has 130 valence electrons. The maximum atomic E-state index is 10.8. The molecule has 1 aliphatic heterocycles. The van der Waals surface area contributed by atoms with E-state index in [9.17, 15) is 4.79 Å². The van der Waals surface area contributed by atoms with Crippen molar-refractivity contribution >= 4 is 29.1 Å². The molecule has 1 amide bonds. The van der Waals surface area contributed by atoms with Gasteiger partial charge >= 0.3 is 0 Å². The number of hydrogen-bond donors (Lipinski definition) is 0. The minimum absolute atomic E-state index is 0.419. The number of thioether (sulfide) groups is 1. The van der Waals surface area contributed by atoms with Crippen LogP contribution in [0.5, 0.6) is 0 Å². The first-order chi connectivity index (χ1) is 12.2. The maximum Gasteiger partial charge on any atom is 0.293 e. The van der Waals surface area contributed by atoms with E-state index in [1.165, 1.54) is 4.90 Å². The van der Waals surface area contributed by atoms with Crippen molar-refractivity contribution in [3.05, 3.63) is 30.1 Å². The summed E-state index contributed by atoms with van der Waals surface area (Å²) in [6.45, 7) is 1.61. The van der Waals surface area contributed by atoms with Gasteiger partial charge < -0.3 is 13.8 Å². The van der Waals surface area contributed by atoms with Crippen LogP contribution in [0.25, 0.3) is 22.6 Å². The maximum absolute atomic E-state index is 10.8. The summed E-state index contributed by atoms with van der Waals surface area (Å²) in [4.78, 5) is 18.3. The van der Waals surface area contributed by atoms with Gasteiger partial charge in [-0.3, -0.25) is 4.79 Å². The third-order valence-corrected chi connectivity index (χ3v) is 5.40. The molecule has 6 nitrogen and oxygen atoms in total. The van der Waals surface area contributed by atoms with Crippen molar-refractivity contribution in [3.63, 3.8) is 0 Å². The number of fused-ring (bicyclic) bond motifs is 1. The van der Waals surface area contributed by atoms with Crippen molar-refractivity contribution in [3.8, 4) is 11.7 Å². The fraction of sp³-hybridized carbons (Fsp3) is 0.389. The Kier molecular flexibility index (Phi) is 4.48. The van der Waals surface area contributed by atoms with Crippen LogP contribution in [-0.4, -0.2) is 40.8 Å². The molecule has 0 unspecified atom stereocenters. The zero-order valence-corrected chi connectivity index (χ0v) is 14.8. The van der Waals surface area contributed by atoms with E-state index in [4.69, 9.17) is 8.94 Å². The van der Waals surface area contributed by atoms with E-state index < -0.39 is 0 Å². The highest BCUT2D eigenvalue weighted by Gasteiger charge is 2.21. The van der Waals surface area contributed by atoms with E-state index in [0.717, 1.165) is 49.7 Å². The van der Waals surface area contributed by atoms with Crippen LogP contribution < -0.4 is 0 Å². The number of benzene rings is 1. The van der Waals surface area contributed by atoms with Gasteiger partial charge in [-0.05, 0) is 49.3 Å². The first-order valence-electron chi connectivity index (χ1n) is 8.35. The Labute approximate surface area is 149 Å². The lowest BCUT2D eigenvalue weighted by atomic mass is 9.93. The number of rotatable bonds is 5. The second kappa shape index (κ2) is 6.92. The minimum Gasteiger partial charge on any atom is -0.451 e. The molecule has 25 heavy (non-hydrogen) atoms. The van der Waals surface area contributed by atoms with Gasteiger partial charge in [0.05, 0.1) is 0 Å². The van der Waals surface area contributed by atoms with Gasteiger partial charge in [0.15, 0.2) is 11.6 Å². The van der Waals surface area contributed by atoms with Gasteiger partial charge in [-0.15, -0.1) is 11.8 Å². The smallest absolute Gasteiger partial charge is 0.293 e. The molecule has 1 fully saturated rings. The van der Waals surface area contributed by atoms with Crippen LogP contribution in [0.1, 0.15) is 18.7 Å². The molecule has 4 rings (SSSR count). The highest BCUT2D eigenvalue weighted by atomic mass is 32.2. The monoisotopic (exact) mass is 357 g/mol. The number of likely N-dealkylation sites (tertiary alicyclic amines) is 1. The van der Waals surface area contributed by atoms with Crippen LogP contribution in [0.4, 0.5) is 0 Å². The van der Waals surface area contributed by atoms with Crippen LogP contribution in [0.3, 0.4) is 0 Å². The summed E-state index contributed by atoms with van der Waals surface area (Å²) in [6, 6.07) is 8.02. The van der Waals surface area contributed by atoms with Gasteiger partial charge in [0.1, 0.15) is 5.58 Å². The molecular formula is C18H19N3O3S. The normalized spacial score (nSPS) is 15.8. The summed E-state index contributed by atoms with van der Waals surface area (Å²) >= 11 is 1.70. The number of carbonyl (C=O) groups is 1. The molecule has 1 aromatic carbocycles. The molecule has 3 aromatic rings. The summed E-state index contributed by atoms with van der Waals surface area (Å²) in [5, 5.41) is 5.13. The second-order valence-corrected chi connectivity index (χ2v) is 7.20. The van der Waals surface area contributed by atoms with E-state index in [1.54, 1.807) is 11.8 Å². The Hall–Kier alpha value is -2.28. The molecule has 0 radical (unpaired) electrons. The molecular weight excluding hydrogens is 338 g/mol. The van der Waals surface area contributed by atoms with Crippen LogP contribution in [-0.2, 0) is 11.2 Å². The van der Waals surface area contributed by atoms with Gasteiger partial charge in [-0.25, -0.2) is 0 Å². The Balaban J connectivity index is 1.48. The predicted molar refractivity (Wildman–Crippen MR) is 95.4 cm³/mol. The topological polar surface area (TPSA) is 72.4 Å². The number of piperidine rings is 1. The number of hydrogen-bond acceptors (Lipinski definition) is 6. The molecule has 0 aliphatic carbocycles. The van der Waals surface area contributed by atoms with Gasteiger partial charge in [-0.2, -0.15) is 4.98 Å². The van der Waals surface area contributed by atoms with E-state index in [-0.39, 0.29) is 0 Å². The summed E-state index contributed by atoms with van der Waals surface area (Å²) in [5.74, 6) is 2.20. The standard InChI is InChI=1S/C18H19N3O3S/c1-25-14-2-3-15-13(9-14)10-16(23-15)18-19-17(20-24-18)8-12-4-6-21(11-22)7-5-12/h2-3,9-12H,4-8H2,1H3. The summed E-state index contributed by atoms with van der Waals surface area (Å²) in [7, 11) is 0. The Morgan fingerprint density at radius 1 is 1.32 bits per heavy atom. The van der Waals surface area contributed by atoms with E-state index >= 15 is 0 Å². The third kappa shape index (κ3) is 3.42. The molecule has 0 spiro atoms. The SMILES string of the molecule is CSc1ccc2oc(-c3nc(CC4CCN(C=O)CC4)no3)cc2c1. The highest BCUT2D eigenvalue weighted by Crippen LogP contribution is 2.30. The fourth-order valence-electron chi connectivity index (χ4n) is 3.21. The molecule has 1 saturated heterocycles. The quantitative estimate of drug-likeness (QED) is 0.513. The van der Waals surface area contributed by atoms with Crippen molar-refractivity contribution in [2.75, 3.05) is 19.3 Å². The summed E-state index contributed by atoms with van der Waals surface area (Å²) < 4.78 is 11.2. The molecule has 2 aromatic heterocycles. The molecule has 3 heterocycles.